The lowest BCUT2D eigenvalue weighted by Gasteiger charge is -2.11. The number of aromatic nitrogens is 1. The number of aliphatic imine (C=N–C) groups is 1. The quantitative estimate of drug-likeness (QED) is 0.341. The number of halogens is 1. The molecule has 0 saturated carbocycles. The maximum absolute atomic E-state index is 12.2. The first-order chi connectivity index (χ1) is 11.9. The van der Waals surface area contributed by atoms with Crippen molar-refractivity contribution in [2.75, 3.05) is 25.9 Å². The predicted molar refractivity (Wildman–Crippen MR) is 119 cm³/mol. The molecule has 0 aliphatic carbocycles. The molecule has 2 N–H and O–H groups in total. The van der Waals surface area contributed by atoms with Gasteiger partial charge < -0.3 is 10.6 Å². The van der Waals surface area contributed by atoms with Crippen LogP contribution in [0.15, 0.2) is 40.2 Å². The second-order valence-electron chi connectivity index (χ2n) is 5.56. The van der Waals surface area contributed by atoms with Gasteiger partial charge in [0.05, 0.1) is 21.3 Å². The summed E-state index contributed by atoms with van der Waals surface area (Å²) in [6, 6.07) is 8.47. The molecule has 0 amide bonds. The number of aryl methyl sites for hydroxylation is 2. The molecule has 26 heavy (non-hydrogen) atoms. The number of nitrogens with zero attached hydrogens (tertiary/aromatic N) is 2. The van der Waals surface area contributed by atoms with Gasteiger partial charge in [0.15, 0.2) is 15.8 Å². The second-order valence-corrected chi connectivity index (χ2v) is 8.95. The molecule has 0 aliphatic rings. The van der Waals surface area contributed by atoms with Crippen molar-refractivity contribution in [2.24, 2.45) is 4.99 Å². The Morgan fingerprint density at radius 1 is 1.15 bits per heavy atom. The van der Waals surface area contributed by atoms with Gasteiger partial charge in [0, 0.05) is 31.4 Å². The van der Waals surface area contributed by atoms with E-state index in [1.54, 1.807) is 48.7 Å². The lowest BCUT2D eigenvalue weighted by Crippen LogP contribution is -2.40. The highest BCUT2D eigenvalue weighted by Crippen LogP contribution is 2.16. The van der Waals surface area contributed by atoms with Crippen LogP contribution in [0.3, 0.4) is 0 Å². The van der Waals surface area contributed by atoms with Crippen molar-refractivity contribution in [3.8, 4) is 0 Å². The molecular formula is C17H25IN4O2S2. The van der Waals surface area contributed by atoms with Gasteiger partial charge >= 0.3 is 0 Å². The number of sulfone groups is 1. The van der Waals surface area contributed by atoms with E-state index in [9.17, 15) is 8.42 Å². The van der Waals surface area contributed by atoms with Crippen molar-refractivity contribution in [1.82, 2.24) is 15.6 Å². The lowest BCUT2D eigenvalue weighted by molar-refractivity contribution is 0.594. The van der Waals surface area contributed by atoms with Gasteiger partial charge in [-0.15, -0.1) is 35.3 Å². The smallest absolute Gasteiger partial charge is 0.191 e. The predicted octanol–water partition coefficient (Wildman–Crippen LogP) is 2.56. The molecule has 0 aliphatic heterocycles. The van der Waals surface area contributed by atoms with E-state index in [0.29, 0.717) is 23.9 Å². The Hall–Kier alpha value is -1.20. The largest absolute Gasteiger partial charge is 0.356 e. The molecule has 0 saturated heterocycles. The summed E-state index contributed by atoms with van der Waals surface area (Å²) in [5, 5.41) is 7.31. The van der Waals surface area contributed by atoms with Crippen molar-refractivity contribution in [1.29, 1.82) is 0 Å². The molecule has 1 aromatic carbocycles. The van der Waals surface area contributed by atoms with Crippen LogP contribution in [0.2, 0.25) is 0 Å². The number of hydrogen-bond acceptors (Lipinski definition) is 5. The number of guanidine groups is 1. The third kappa shape index (κ3) is 6.84. The Morgan fingerprint density at radius 3 is 2.38 bits per heavy atom. The summed E-state index contributed by atoms with van der Waals surface area (Å²) >= 11 is 1.70. The van der Waals surface area contributed by atoms with Gasteiger partial charge in [0.1, 0.15) is 0 Å². The average Bonchev–Trinajstić information content (AvgIpc) is 2.92. The van der Waals surface area contributed by atoms with Crippen LogP contribution >= 0.6 is 35.3 Å². The molecule has 0 radical (unpaired) electrons. The molecule has 1 heterocycles. The summed E-state index contributed by atoms with van der Waals surface area (Å²) in [4.78, 5) is 10.2. The minimum Gasteiger partial charge on any atom is -0.356 e. The fourth-order valence-electron chi connectivity index (χ4n) is 2.20. The van der Waals surface area contributed by atoms with Crippen LogP contribution in [0, 0.1) is 13.8 Å². The van der Waals surface area contributed by atoms with E-state index in [-0.39, 0.29) is 29.7 Å². The van der Waals surface area contributed by atoms with E-state index in [0.717, 1.165) is 17.1 Å². The Kier molecular flexibility index (Phi) is 9.51. The first-order valence-electron chi connectivity index (χ1n) is 8.07. The maximum atomic E-state index is 12.2. The topological polar surface area (TPSA) is 83.4 Å². The summed E-state index contributed by atoms with van der Waals surface area (Å²) < 4.78 is 24.5. The number of hydrogen-bond donors (Lipinski definition) is 2. The normalized spacial score (nSPS) is 11.7. The van der Waals surface area contributed by atoms with Gasteiger partial charge in [-0.3, -0.25) is 4.99 Å². The van der Waals surface area contributed by atoms with E-state index in [4.69, 9.17) is 0 Å². The van der Waals surface area contributed by atoms with Crippen molar-refractivity contribution in [3.63, 3.8) is 0 Å². The molecule has 9 heteroatoms. The fourth-order valence-corrected chi connectivity index (χ4v) is 4.32. The van der Waals surface area contributed by atoms with Crippen LogP contribution in [0.4, 0.5) is 0 Å². The van der Waals surface area contributed by atoms with Crippen molar-refractivity contribution >= 4 is 51.1 Å². The Bertz CT molecular complexity index is 801. The first kappa shape index (κ1) is 22.8. The number of benzene rings is 1. The van der Waals surface area contributed by atoms with Crippen molar-refractivity contribution in [2.45, 2.75) is 25.2 Å². The summed E-state index contributed by atoms with van der Waals surface area (Å²) in [6.07, 6.45) is 0.808. The molecular weight excluding hydrogens is 483 g/mol. The highest BCUT2D eigenvalue weighted by atomic mass is 127. The SMILES string of the molecule is CN=C(NCCc1nc(C)c(C)s1)NCCS(=O)(=O)c1ccccc1.I. The summed E-state index contributed by atoms with van der Waals surface area (Å²) in [5.74, 6) is 0.607. The van der Waals surface area contributed by atoms with Gasteiger partial charge in [0.2, 0.25) is 0 Å². The molecule has 2 rings (SSSR count). The monoisotopic (exact) mass is 508 g/mol. The zero-order chi connectivity index (χ0) is 18.3. The summed E-state index contributed by atoms with van der Waals surface area (Å²) in [5.41, 5.74) is 1.08. The molecule has 144 valence electrons. The molecule has 0 fully saturated rings. The Morgan fingerprint density at radius 2 is 1.81 bits per heavy atom. The van der Waals surface area contributed by atoms with Crippen molar-refractivity contribution in [3.05, 3.63) is 45.9 Å². The van der Waals surface area contributed by atoms with Gasteiger partial charge in [-0.1, -0.05) is 18.2 Å². The van der Waals surface area contributed by atoms with E-state index in [2.05, 4.69) is 27.5 Å². The minimum atomic E-state index is -3.28. The van der Waals surface area contributed by atoms with Crippen LogP contribution in [-0.4, -0.2) is 45.3 Å². The third-order valence-electron chi connectivity index (χ3n) is 3.69. The molecule has 1 aromatic heterocycles. The fraction of sp³-hybridized carbons (Fsp3) is 0.412. The number of rotatable bonds is 7. The van der Waals surface area contributed by atoms with Crippen LogP contribution in [0.25, 0.3) is 0 Å². The zero-order valence-electron chi connectivity index (χ0n) is 15.2. The van der Waals surface area contributed by atoms with Gasteiger partial charge in [-0.05, 0) is 26.0 Å². The molecule has 2 aromatic rings. The highest BCUT2D eigenvalue weighted by Gasteiger charge is 2.13. The standard InChI is InChI=1S/C17H24N4O2S2.HI/c1-13-14(2)24-16(21-13)9-10-19-17(18-3)20-11-12-25(22,23)15-7-5-4-6-8-15;/h4-8H,9-12H2,1-3H3,(H2,18,19,20);1H. The number of nitrogens with one attached hydrogen (secondary N) is 2. The van der Waals surface area contributed by atoms with Gasteiger partial charge in [0.25, 0.3) is 0 Å². The Labute approximate surface area is 176 Å². The number of thiazole rings is 1. The van der Waals surface area contributed by atoms with Gasteiger partial charge in [-0.2, -0.15) is 0 Å². The van der Waals surface area contributed by atoms with Crippen molar-refractivity contribution < 1.29 is 8.42 Å². The zero-order valence-corrected chi connectivity index (χ0v) is 19.1. The van der Waals surface area contributed by atoms with E-state index >= 15 is 0 Å². The van der Waals surface area contributed by atoms with Crippen LogP contribution in [-0.2, 0) is 16.3 Å². The average molecular weight is 508 g/mol. The van der Waals surface area contributed by atoms with E-state index in [1.807, 2.05) is 6.92 Å². The van der Waals surface area contributed by atoms with E-state index < -0.39 is 9.84 Å². The second kappa shape index (κ2) is 10.8. The lowest BCUT2D eigenvalue weighted by atomic mass is 10.4. The molecule has 0 atom stereocenters. The summed E-state index contributed by atoms with van der Waals surface area (Å²) in [7, 11) is -1.62. The first-order valence-corrected chi connectivity index (χ1v) is 10.5. The maximum Gasteiger partial charge on any atom is 0.191 e. The molecule has 0 spiro atoms. The van der Waals surface area contributed by atoms with E-state index in [1.165, 1.54) is 4.88 Å². The highest BCUT2D eigenvalue weighted by molar-refractivity contribution is 14.0. The molecule has 0 bridgehead atoms. The summed E-state index contributed by atoms with van der Waals surface area (Å²) in [6.45, 7) is 5.07. The third-order valence-corrected chi connectivity index (χ3v) is 6.56. The van der Waals surface area contributed by atoms with Crippen LogP contribution in [0.1, 0.15) is 15.6 Å². The molecule has 6 nitrogen and oxygen atoms in total. The van der Waals surface area contributed by atoms with Crippen LogP contribution < -0.4 is 10.6 Å². The van der Waals surface area contributed by atoms with Crippen LogP contribution in [0.5, 0.6) is 0 Å². The van der Waals surface area contributed by atoms with Gasteiger partial charge in [-0.25, -0.2) is 13.4 Å². The molecule has 0 unspecified atom stereocenters. The minimum absolute atomic E-state index is 0. The Balaban J connectivity index is 0.00000338.